The van der Waals surface area contributed by atoms with Gasteiger partial charge in [-0.1, -0.05) is 0 Å². The van der Waals surface area contributed by atoms with Gasteiger partial charge in [0.15, 0.2) is 0 Å². The predicted octanol–water partition coefficient (Wildman–Crippen LogP) is 3.12. The molecule has 0 spiro atoms. The molecule has 0 saturated heterocycles. The minimum absolute atomic E-state index is 0.555. The highest BCUT2D eigenvalue weighted by atomic mass is 32.1. The van der Waals surface area contributed by atoms with Crippen molar-refractivity contribution in [3.8, 4) is 0 Å². The van der Waals surface area contributed by atoms with Crippen molar-refractivity contribution in [1.29, 1.82) is 0 Å². The Morgan fingerprint density at radius 2 is 1.95 bits per heavy atom. The van der Waals surface area contributed by atoms with E-state index in [2.05, 4.69) is 32.9 Å². The van der Waals surface area contributed by atoms with Gasteiger partial charge in [0.2, 0.25) is 0 Å². The normalized spacial score (nSPS) is 14.2. The number of hydrogen-bond donors (Lipinski definition) is 2. The fraction of sp³-hybridized carbons (Fsp3) is 0.533. The van der Waals surface area contributed by atoms with Crippen molar-refractivity contribution in [2.45, 2.75) is 39.0 Å². The zero-order valence-electron chi connectivity index (χ0n) is 12.7. The van der Waals surface area contributed by atoms with Crippen LogP contribution in [0.5, 0.6) is 0 Å². The second kappa shape index (κ2) is 5.97. The summed E-state index contributed by atoms with van der Waals surface area (Å²) in [6.45, 7) is 4.93. The summed E-state index contributed by atoms with van der Waals surface area (Å²) in [6, 6.07) is 0. The summed E-state index contributed by atoms with van der Waals surface area (Å²) in [7, 11) is 1.91. The molecular weight excluding hydrogens is 282 g/mol. The fourth-order valence-electron chi connectivity index (χ4n) is 2.31. The molecule has 0 aliphatic heterocycles. The lowest BCUT2D eigenvalue weighted by Gasteiger charge is -2.13. The van der Waals surface area contributed by atoms with Crippen LogP contribution < -0.4 is 10.6 Å². The van der Waals surface area contributed by atoms with Crippen molar-refractivity contribution >= 4 is 23.0 Å². The van der Waals surface area contributed by atoms with Crippen molar-refractivity contribution in [2.75, 3.05) is 24.2 Å². The molecule has 2 heterocycles. The number of anilines is 2. The van der Waals surface area contributed by atoms with Crippen molar-refractivity contribution in [3.05, 3.63) is 27.5 Å². The minimum Gasteiger partial charge on any atom is -0.373 e. The van der Waals surface area contributed by atoms with Crippen LogP contribution in [0, 0.1) is 13.8 Å². The van der Waals surface area contributed by atoms with Gasteiger partial charge in [-0.3, -0.25) is 0 Å². The van der Waals surface area contributed by atoms with Gasteiger partial charge in [0.05, 0.1) is 10.7 Å². The molecule has 1 aliphatic carbocycles. The molecule has 0 amide bonds. The molecule has 2 aromatic rings. The van der Waals surface area contributed by atoms with Gasteiger partial charge in [0, 0.05) is 36.9 Å². The molecule has 3 rings (SSSR count). The first-order chi connectivity index (χ1) is 10.2. The first kappa shape index (κ1) is 14.3. The summed E-state index contributed by atoms with van der Waals surface area (Å²) in [6.07, 6.45) is 3.34. The Morgan fingerprint density at radius 1 is 1.19 bits per heavy atom. The van der Waals surface area contributed by atoms with E-state index < -0.39 is 0 Å². The molecule has 0 unspecified atom stereocenters. The van der Waals surface area contributed by atoms with Gasteiger partial charge in [-0.25, -0.2) is 15.0 Å². The van der Waals surface area contributed by atoms with E-state index in [1.165, 1.54) is 12.8 Å². The Bertz CT molecular complexity index is 633. The van der Waals surface area contributed by atoms with Gasteiger partial charge in [0.25, 0.3) is 0 Å². The highest BCUT2D eigenvalue weighted by Gasteiger charge is 2.28. The summed E-state index contributed by atoms with van der Waals surface area (Å²) in [5.74, 6) is 3.40. The highest BCUT2D eigenvalue weighted by Crippen LogP contribution is 2.39. The van der Waals surface area contributed by atoms with E-state index in [0.29, 0.717) is 5.92 Å². The lowest BCUT2D eigenvalue weighted by molar-refractivity contribution is 0.901. The molecule has 0 atom stereocenters. The maximum absolute atomic E-state index is 4.70. The summed E-state index contributed by atoms with van der Waals surface area (Å²) in [5, 5.41) is 9.86. The maximum Gasteiger partial charge on any atom is 0.136 e. The molecule has 0 bridgehead atoms. The molecule has 0 aromatic carbocycles. The van der Waals surface area contributed by atoms with Crippen LogP contribution in [0.4, 0.5) is 11.6 Å². The lowest BCUT2D eigenvalue weighted by atomic mass is 10.2. The number of nitrogens with one attached hydrogen (secondary N) is 2. The monoisotopic (exact) mass is 303 g/mol. The van der Waals surface area contributed by atoms with Crippen LogP contribution in [-0.4, -0.2) is 28.5 Å². The van der Waals surface area contributed by atoms with E-state index >= 15 is 0 Å². The summed E-state index contributed by atoms with van der Waals surface area (Å²) in [5.41, 5.74) is 2.23. The third-order valence-corrected chi connectivity index (χ3v) is 4.50. The van der Waals surface area contributed by atoms with Crippen molar-refractivity contribution in [3.63, 3.8) is 0 Å². The third-order valence-electron chi connectivity index (χ3n) is 3.68. The summed E-state index contributed by atoms with van der Waals surface area (Å²) >= 11 is 1.70. The summed E-state index contributed by atoms with van der Waals surface area (Å²) < 4.78 is 0. The van der Waals surface area contributed by atoms with Crippen molar-refractivity contribution in [2.24, 2.45) is 0 Å². The van der Waals surface area contributed by atoms with Gasteiger partial charge < -0.3 is 10.6 Å². The van der Waals surface area contributed by atoms with Crippen LogP contribution in [0.2, 0.25) is 0 Å². The predicted molar refractivity (Wildman–Crippen MR) is 87.3 cm³/mol. The van der Waals surface area contributed by atoms with Gasteiger partial charge in [0.1, 0.15) is 17.5 Å². The average Bonchev–Trinajstić information content (AvgIpc) is 3.24. The Kier molecular flexibility index (Phi) is 4.05. The van der Waals surface area contributed by atoms with Crippen molar-refractivity contribution in [1.82, 2.24) is 15.0 Å². The second-order valence-electron chi connectivity index (χ2n) is 5.46. The number of thiazole rings is 1. The Balaban J connectivity index is 1.70. The molecular formula is C15H21N5S. The number of hydrogen-bond acceptors (Lipinski definition) is 6. The largest absolute Gasteiger partial charge is 0.373 e. The van der Waals surface area contributed by atoms with E-state index in [0.717, 1.165) is 46.7 Å². The zero-order valence-corrected chi connectivity index (χ0v) is 13.5. The SMILES string of the molecule is CNc1nc(C2CC2)nc(NCCc2csc(C)n2)c1C. The molecule has 1 aliphatic rings. The standard InChI is InChI=1S/C15H21N5S/c1-9-13(16-3)19-15(11-4-5-11)20-14(9)17-7-6-12-8-21-10(2)18-12/h8,11H,4-7H2,1-3H3,(H2,16,17,19,20). The lowest BCUT2D eigenvalue weighted by Crippen LogP contribution is -2.12. The Hall–Kier alpha value is -1.69. The number of rotatable bonds is 6. The smallest absolute Gasteiger partial charge is 0.136 e. The molecule has 5 nitrogen and oxygen atoms in total. The average molecular weight is 303 g/mol. The molecule has 1 saturated carbocycles. The number of aromatic nitrogens is 3. The maximum atomic E-state index is 4.70. The molecule has 6 heteroatoms. The first-order valence-electron chi connectivity index (χ1n) is 7.38. The zero-order chi connectivity index (χ0) is 14.8. The molecule has 2 aromatic heterocycles. The van der Waals surface area contributed by atoms with E-state index in [9.17, 15) is 0 Å². The van der Waals surface area contributed by atoms with E-state index in [-0.39, 0.29) is 0 Å². The second-order valence-corrected chi connectivity index (χ2v) is 6.53. The van der Waals surface area contributed by atoms with E-state index in [1.807, 2.05) is 14.0 Å². The molecule has 0 radical (unpaired) electrons. The quantitative estimate of drug-likeness (QED) is 0.858. The van der Waals surface area contributed by atoms with Crippen LogP contribution in [0.1, 0.15) is 40.8 Å². The molecule has 2 N–H and O–H groups in total. The van der Waals surface area contributed by atoms with Crippen LogP contribution in [0.3, 0.4) is 0 Å². The van der Waals surface area contributed by atoms with Crippen LogP contribution in [0.15, 0.2) is 5.38 Å². The van der Waals surface area contributed by atoms with Gasteiger partial charge in [-0.2, -0.15) is 0 Å². The molecule has 1 fully saturated rings. The number of nitrogens with zero attached hydrogens (tertiary/aromatic N) is 3. The topological polar surface area (TPSA) is 62.7 Å². The Morgan fingerprint density at radius 3 is 2.57 bits per heavy atom. The minimum atomic E-state index is 0.555. The Labute approximate surface area is 129 Å². The van der Waals surface area contributed by atoms with Gasteiger partial charge in [-0.05, 0) is 26.7 Å². The highest BCUT2D eigenvalue weighted by molar-refractivity contribution is 7.09. The fourth-order valence-corrected chi connectivity index (χ4v) is 2.95. The number of aryl methyl sites for hydroxylation is 1. The van der Waals surface area contributed by atoms with Crippen LogP contribution in [0.25, 0.3) is 0 Å². The van der Waals surface area contributed by atoms with E-state index in [1.54, 1.807) is 11.3 Å². The van der Waals surface area contributed by atoms with Crippen molar-refractivity contribution < 1.29 is 0 Å². The van der Waals surface area contributed by atoms with Crippen LogP contribution >= 0.6 is 11.3 Å². The summed E-state index contributed by atoms with van der Waals surface area (Å²) in [4.78, 5) is 13.8. The van der Waals surface area contributed by atoms with Gasteiger partial charge >= 0.3 is 0 Å². The van der Waals surface area contributed by atoms with Gasteiger partial charge in [-0.15, -0.1) is 11.3 Å². The van der Waals surface area contributed by atoms with Crippen LogP contribution in [-0.2, 0) is 6.42 Å². The molecule has 112 valence electrons. The first-order valence-corrected chi connectivity index (χ1v) is 8.26. The molecule has 21 heavy (non-hydrogen) atoms. The van der Waals surface area contributed by atoms with E-state index in [4.69, 9.17) is 4.98 Å². The third kappa shape index (κ3) is 3.32.